The molecule has 18 heavy (non-hydrogen) atoms. The lowest BCUT2D eigenvalue weighted by Gasteiger charge is -2.42. The van der Waals surface area contributed by atoms with Gasteiger partial charge in [-0.1, -0.05) is 49.4 Å². The Bertz CT molecular complexity index is 442. The molecule has 1 N–H and O–H groups in total. The van der Waals surface area contributed by atoms with Crippen LogP contribution >= 0.6 is 0 Å². The Hall–Kier alpha value is -1.42. The maximum absolute atomic E-state index is 11.0. The van der Waals surface area contributed by atoms with E-state index in [9.17, 15) is 5.11 Å². The van der Waals surface area contributed by atoms with E-state index in [-0.39, 0.29) is 5.92 Å². The summed E-state index contributed by atoms with van der Waals surface area (Å²) in [4.78, 5) is 0. The molecule has 1 aliphatic heterocycles. The molecule has 0 spiro atoms. The minimum absolute atomic E-state index is 0.0474. The smallest absolute Gasteiger partial charge is 0.184 e. The van der Waals surface area contributed by atoms with Gasteiger partial charge in [-0.2, -0.15) is 5.11 Å². The average Bonchev–Trinajstić information content (AvgIpc) is 2.55. The fourth-order valence-electron chi connectivity index (χ4n) is 2.54. The summed E-state index contributed by atoms with van der Waals surface area (Å²) in [6.45, 7) is 8.40. The molecule has 98 valence electrons. The number of rotatable bonds is 3. The van der Waals surface area contributed by atoms with Crippen molar-refractivity contribution in [1.82, 2.24) is 5.01 Å². The molecule has 1 aliphatic rings. The van der Waals surface area contributed by atoms with E-state index < -0.39 is 11.3 Å². The van der Waals surface area contributed by atoms with Gasteiger partial charge in [-0.3, -0.25) is 0 Å². The van der Waals surface area contributed by atoms with Gasteiger partial charge < -0.3 is 5.11 Å². The summed E-state index contributed by atoms with van der Waals surface area (Å²) >= 11 is 0. The molecule has 4 heteroatoms. The first-order valence-corrected chi connectivity index (χ1v) is 6.34. The number of aliphatic hydroxyl groups is 1. The van der Waals surface area contributed by atoms with Crippen LogP contribution in [0.15, 0.2) is 40.7 Å². The average molecular weight is 247 g/mol. The Morgan fingerprint density at radius 2 is 1.83 bits per heavy atom. The van der Waals surface area contributed by atoms with Crippen molar-refractivity contribution in [2.75, 3.05) is 0 Å². The van der Waals surface area contributed by atoms with E-state index in [0.29, 0.717) is 6.54 Å². The minimum Gasteiger partial charge on any atom is -0.367 e. The second-order valence-corrected chi connectivity index (χ2v) is 5.67. The van der Waals surface area contributed by atoms with Gasteiger partial charge in [0.05, 0.1) is 6.54 Å². The molecule has 1 atom stereocenters. The van der Waals surface area contributed by atoms with Crippen LogP contribution in [0.1, 0.15) is 33.3 Å². The number of benzene rings is 1. The summed E-state index contributed by atoms with van der Waals surface area (Å²) < 4.78 is 0. The third kappa shape index (κ3) is 1.90. The summed E-state index contributed by atoms with van der Waals surface area (Å²) in [5.74, 6) is 0.0474. The van der Waals surface area contributed by atoms with Crippen LogP contribution in [-0.2, 0) is 6.54 Å². The molecule has 2 rings (SSSR count). The van der Waals surface area contributed by atoms with Gasteiger partial charge in [-0.05, 0) is 19.4 Å². The van der Waals surface area contributed by atoms with Crippen LogP contribution in [-0.4, -0.2) is 21.4 Å². The van der Waals surface area contributed by atoms with Crippen molar-refractivity contribution >= 4 is 0 Å². The number of nitrogens with zero attached hydrogens (tertiary/aromatic N) is 3. The second-order valence-electron chi connectivity index (χ2n) is 5.67. The highest BCUT2D eigenvalue weighted by Crippen LogP contribution is 2.42. The molecule has 1 heterocycles. The zero-order valence-electron chi connectivity index (χ0n) is 11.5. The first-order valence-electron chi connectivity index (χ1n) is 6.34. The lowest BCUT2D eigenvalue weighted by atomic mass is 9.82. The normalized spacial score (nSPS) is 26.0. The van der Waals surface area contributed by atoms with Crippen LogP contribution in [0, 0.1) is 5.92 Å². The van der Waals surface area contributed by atoms with Crippen LogP contribution in [0.25, 0.3) is 0 Å². The van der Waals surface area contributed by atoms with Crippen molar-refractivity contribution in [3.8, 4) is 0 Å². The molecule has 0 aromatic heterocycles. The van der Waals surface area contributed by atoms with Crippen LogP contribution < -0.4 is 0 Å². The Morgan fingerprint density at radius 3 is 2.39 bits per heavy atom. The van der Waals surface area contributed by atoms with Gasteiger partial charge in [0.1, 0.15) is 5.54 Å². The van der Waals surface area contributed by atoms with Crippen LogP contribution in [0.2, 0.25) is 0 Å². The molecule has 0 radical (unpaired) electrons. The zero-order valence-corrected chi connectivity index (χ0v) is 11.5. The summed E-state index contributed by atoms with van der Waals surface area (Å²) in [7, 11) is 0. The minimum atomic E-state index is -1.04. The van der Waals surface area contributed by atoms with Gasteiger partial charge in [0.15, 0.2) is 5.72 Å². The van der Waals surface area contributed by atoms with E-state index in [1.807, 2.05) is 58.0 Å². The first kappa shape index (κ1) is 13.0. The highest BCUT2D eigenvalue weighted by atomic mass is 16.3. The molecule has 1 unspecified atom stereocenters. The Balaban J connectivity index is 2.26. The third-order valence-electron chi connectivity index (χ3n) is 3.68. The molecular weight excluding hydrogens is 226 g/mol. The number of hydrogen-bond donors (Lipinski definition) is 1. The maximum Gasteiger partial charge on any atom is 0.184 e. The van der Waals surface area contributed by atoms with E-state index in [2.05, 4.69) is 10.3 Å². The summed E-state index contributed by atoms with van der Waals surface area (Å²) in [5, 5.41) is 21.0. The van der Waals surface area contributed by atoms with Crippen molar-refractivity contribution in [2.24, 2.45) is 16.3 Å². The quantitative estimate of drug-likeness (QED) is 0.892. The number of hydrogen-bond acceptors (Lipinski definition) is 4. The molecule has 0 saturated carbocycles. The first-order chi connectivity index (χ1) is 8.38. The van der Waals surface area contributed by atoms with Gasteiger partial charge >= 0.3 is 0 Å². The maximum atomic E-state index is 11.0. The molecular formula is C14H21N3O. The summed E-state index contributed by atoms with van der Waals surface area (Å²) in [6.07, 6.45) is 0. The standard InChI is InChI=1S/C14H21N3O/c1-11(2)14(18)13(3,4)15-16-17(14)10-12-8-6-5-7-9-12/h5-9,11,18H,10H2,1-4H3. The van der Waals surface area contributed by atoms with Gasteiger partial charge in [-0.25, -0.2) is 5.01 Å². The van der Waals surface area contributed by atoms with Crippen molar-refractivity contribution in [2.45, 2.75) is 45.5 Å². The van der Waals surface area contributed by atoms with Crippen molar-refractivity contribution < 1.29 is 5.11 Å². The third-order valence-corrected chi connectivity index (χ3v) is 3.68. The zero-order chi connectivity index (χ0) is 13.4. The van der Waals surface area contributed by atoms with E-state index in [0.717, 1.165) is 5.56 Å². The summed E-state index contributed by atoms with van der Waals surface area (Å²) in [5.41, 5.74) is -0.507. The molecule has 0 fully saturated rings. The van der Waals surface area contributed by atoms with Crippen molar-refractivity contribution in [3.05, 3.63) is 35.9 Å². The molecule has 0 aliphatic carbocycles. The fraction of sp³-hybridized carbons (Fsp3) is 0.571. The van der Waals surface area contributed by atoms with E-state index in [1.165, 1.54) is 0 Å². The van der Waals surface area contributed by atoms with Crippen molar-refractivity contribution in [3.63, 3.8) is 0 Å². The van der Waals surface area contributed by atoms with Gasteiger partial charge in [0.25, 0.3) is 0 Å². The largest absolute Gasteiger partial charge is 0.367 e. The Morgan fingerprint density at radius 1 is 1.22 bits per heavy atom. The monoisotopic (exact) mass is 247 g/mol. The van der Waals surface area contributed by atoms with Crippen LogP contribution in [0.5, 0.6) is 0 Å². The van der Waals surface area contributed by atoms with Crippen LogP contribution in [0.4, 0.5) is 0 Å². The van der Waals surface area contributed by atoms with E-state index >= 15 is 0 Å². The Kier molecular flexibility index (Phi) is 3.15. The van der Waals surface area contributed by atoms with Gasteiger partial charge in [0.2, 0.25) is 0 Å². The van der Waals surface area contributed by atoms with Crippen LogP contribution in [0.3, 0.4) is 0 Å². The second kappa shape index (κ2) is 4.35. The van der Waals surface area contributed by atoms with E-state index in [1.54, 1.807) is 5.01 Å². The topological polar surface area (TPSA) is 48.2 Å². The molecule has 1 aromatic carbocycles. The predicted molar refractivity (Wildman–Crippen MR) is 70.7 cm³/mol. The fourth-order valence-corrected chi connectivity index (χ4v) is 2.54. The molecule has 0 saturated heterocycles. The molecule has 0 bridgehead atoms. The lowest BCUT2D eigenvalue weighted by Crippen LogP contribution is -2.58. The molecule has 4 nitrogen and oxygen atoms in total. The van der Waals surface area contributed by atoms with Gasteiger partial charge in [-0.15, -0.1) is 0 Å². The van der Waals surface area contributed by atoms with E-state index in [4.69, 9.17) is 0 Å². The predicted octanol–water partition coefficient (Wildman–Crippen LogP) is 2.99. The highest BCUT2D eigenvalue weighted by Gasteiger charge is 2.55. The lowest BCUT2D eigenvalue weighted by molar-refractivity contribution is -0.161. The summed E-state index contributed by atoms with van der Waals surface area (Å²) in [6, 6.07) is 10.0. The molecule has 1 aromatic rings. The van der Waals surface area contributed by atoms with Gasteiger partial charge in [0, 0.05) is 5.92 Å². The SMILES string of the molecule is CC(C)C1(O)N(Cc2ccccc2)N=NC1(C)C. The Labute approximate surface area is 108 Å². The van der Waals surface area contributed by atoms with Crippen molar-refractivity contribution in [1.29, 1.82) is 0 Å². The highest BCUT2D eigenvalue weighted by molar-refractivity contribution is 5.16. The molecule has 0 amide bonds.